The first kappa shape index (κ1) is 19.5. The largest absolute Gasteiger partial charge is 0.486 e. The molecule has 148 valence electrons. The van der Waals surface area contributed by atoms with Crippen LogP contribution in [0.1, 0.15) is 29.8 Å². The highest BCUT2D eigenvalue weighted by atomic mass is 16.6. The number of nitro groups is 1. The molecule has 0 saturated heterocycles. The van der Waals surface area contributed by atoms with Crippen LogP contribution in [0.4, 0.5) is 11.4 Å². The minimum atomic E-state index is -0.470. The summed E-state index contributed by atoms with van der Waals surface area (Å²) in [4.78, 5) is 25.0. The summed E-state index contributed by atoms with van der Waals surface area (Å²) in [6.07, 6.45) is 0. The first-order chi connectivity index (χ1) is 13.3. The van der Waals surface area contributed by atoms with Gasteiger partial charge in [0.2, 0.25) is 0 Å². The Morgan fingerprint density at radius 3 is 2.57 bits per heavy atom. The Hall–Kier alpha value is -3.29. The smallest absolute Gasteiger partial charge is 0.293 e. The SMILES string of the molecule is CC(C)NC(=O)c1ccc(N(C)Cc2ccc3c(c2)OCCO3)c([N+](=O)[O-])c1. The van der Waals surface area contributed by atoms with E-state index in [4.69, 9.17) is 9.47 Å². The molecule has 0 aliphatic carbocycles. The predicted molar refractivity (Wildman–Crippen MR) is 105 cm³/mol. The average molecular weight is 385 g/mol. The Kier molecular flexibility index (Phi) is 5.67. The molecule has 8 heteroatoms. The monoisotopic (exact) mass is 385 g/mol. The van der Waals surface area contributed by atoms with Gasteiger partial charge < -0.3 is 19.7 Å². The molecule has 0 aromatic heterocycles. The molecule has 8 nitrogen and oxygen atoms in total. The van der Waals surface area contributed by atoms with Crippen LogP contribution in [0.15, 0.2) is 36.4 Å². The van der Waals surface area contributed by atoms with E-state index >= 15 is 0 Å². The van der Waals surface area contributed by atoms with Gasteiger partial charge in [-0.05, 0) is 43.7 Å². The van der Waals surface area contributed by atoms with Gasteiger partial charge in [0.25, 0.3) is 11.6 Å². The lowest BCUT2D eigenvalue weighted by Crippen LogP contribution is -2.30. The van der Waals surface area contributed by atoms with Crippen LogP contribution in [0.3, 0.4) is 0 Å². The minimum absolute atomic E-state index is 0.0517. The number of fused-ring (bicyclic) bond motifs is 1. The summed E-state index contributed by atoms with van der Waals surface area (Å²) in [5, 5.41) is 14.3. The zero-order valence-corrected chi connectivity index (χ0v) is 16.1. The van der Waals surface area contributed by atoms with E-state index in [1.54, 1.807) is 24.1 Å². The molecular weight excluding hydrogens is 362 g/mol. The first-order valence-electron chi connectivity index (χ1n) is 9.04. The van der Waals surface area contributed by atoms with E-state index in [0.29, 0.717) is 36.9 Å². The molecule has 0 saturated carbocycles. The standard InChI is InChI=1S/C20H23N3O5/c1-13(2)21-20(24)15-5-6-16(17(11-15)23(25)26)22(3)12-14-4-7-18-19(10-14)28-9-8-27-18/h4-7,10-11,13H,8-9,12H2,1-3H3,(H,21,24). The number of nitrogens with one attached hydrogen (secondary N) is 1. The highest BCUT2D eigenvalue weighted by Crippen LogP contribution is 2.33. The minimum Gasteiger partial charge on any atom is -0.486 e. The van der Waals surface area contributed by atoms with Crippen molar-refractivity contribution in [3.8, 4) is 11.5 Å². The number of rotatable bonds is 6. The fourth-order valence-electron chi connectivity index (χ4n) is 3.02. The lowest BCUT2D eigenvalue weighted by atomic mass is 10.1. The molecule has 2 aromatic rings. The predicted octanol–water partition coefficient (Wildman–Crippen LogP) is 3.14. The molecule has 0 radical (unpaired) electrons. The molecule has 1 amide bonds. The topological polar surface area (TPSA) is 93.9 Å². The Morgan fingerprint density at radius 1 is 1.18 bits per heavy atom. The van der Waals surface area contributed by atoms with Crippen LogP contribution in [0.25, 0.3) is 0 Å². The van der Waals surface area contributed by atoms with Crippen molar-refractivity contribution in [1.82, 2.24) is 5.32 Å². The van der Waals surface area contributed by atoms with Crippen molar-refractivity contribution in [1.29, 1.82) is 0 Å². The zero-order valence-electron chi connectivity index (χ0n) is 16.1. The van der Waals surface area contributed by atoms with E-state index in [1.165, 1.54) is 6.07 Å². The second-order valence-electron chi connectivity index (χ2n) is 6.92. The molecule has 1 aliphatic heterocycles. The van der Waals surface area contributed by atoms with E-state index in [9.17, 15) is 14.9 Å². The van der Waals surface area contributed by atoms with Crippen LogP contribution in [0.5, 0.6) is 11.5 Å². The van der Waals surface area contributed by atoms with Crippen molar-refractivity contribution in [2.45, 2.75) is 26.4 Å². The molecule has 3 rings (SSSR count). The third-order valence-corrected chi connectivity index (χ3v) is 4.29. The lowest BCUT2D eigenvalue weighted by Gasteiger charge is -2.22. The third kappa shape index (κ3) is 4.33. The maximum Gasteiger partial charge on any atom is 0.293 e. The average Bonchev–Trinajstić information content (AvgIpc) is 2.66. The maximum absolute atomic E-state index is 12.2. The molecular formula is C20H23N3O5. The number of carbonyl (C=O) groups excluding carboxylic acids is 1. The number of nitro benzene ring substituents is 1. The van der Waals surface area contributed by atoms with Crippen molar-refractivity contribution in [3.05, 3.63) is 57.6 Å². The summed E-state index contributed by atoms with van der Waals surface area (Å²) in [6, 6.07) is 10.1. The van der Waals surface area contributed by atoms with E-state index in [0.717, 1.165) is 5.56 Å². The van der Waals surface area contributed by atoms with E-state index in [1.807, 2.05) is 32.0 Å². The van der Waals surface area contributed by atoms with Gasteiger partial charge in [0, 0.05) is 31.3 Å². The number of hydrogen-bond donors (Lipinski definition) is 1. The van der Waals surface area contributed by atoms with E-state index in [2.05, 4.69) is 5.32 Å². The molecule has 0 unspecified atom stereocenters. The summed E-state index contributed by atoms with van der Waals surface area (Å²) in [6.45, 7) is 5.13. The van der Waals surface area contributed by atoms with Crippen molar-refractivity contribution in [2.24, 2.45) is 0 Å². The summed E-state index contributed by atoms with van der Waals surface area (Å²) in [5.74, 6) is 1.04. The van der Waals surface area contributed by atoms with E-state index in [-0.39, 0.29) is 23.2 Å². The van der Waals surface area contributed by atoms with Crippen LogP contribution in [-0.2, 0) is 6.54 Å². The Balaban J connectivity index is 1.83. The second kappa shape index (κ2) is 8.16. The third-order valence-electron chi connectivity index (χ3n) is 4.29. The summed E-state index contributed by atoms with van der Waals surface area (Å²) in [5.41, 5.74) is 1.51. The number of amides is 1. The first-order valence-corrected chi connectivity index (χ1v) is 9.04. The molecule has 28 heavy (non-hydrogen) atoms. The quantitative estimate of drug-likeness (QED) is 0.606. The summed E-state index contributed by atoms with van der Waals surface area (Å²) in [7, 11) is 1.77. The maximum atomic E-state index is 12.2. The van der Waals surface area contributed by atoms with Gasteiger partial charge >= 0.3 is 0 Å². The van der Waals surface area contributed by atoms with Crippen molar-refractivity contribution >= 4 is 17.3 Å². The van der Waals surface area contributed by atoms with Crippen LogP contribution >= 0.6 is 0 Å². The van der Waals surface area contributed by atoms with Gasteiger partial charge in [0.05, 0.1) is 4.92 Å². The Morgan fingerprint density at radius 2 is 1.89 bits per heavy atom. The van der Waals surface area contributed by atoms with Crippen LogP contribution in [0.2, 0.25) is 0 Å². The fourth-order valence-corrected chi connectivity index (χ4v) is 3.02. The molecule has 1 heterocycles. The Bertz CT molecular complexity index is 897. The molecule has 0 bridgehead atoms. The number of anilines is 1. The van der Waals surface area contributed by atoms with Gasteiger partial charge in [0.1, 0.15) is 18.9 Å². The van der Waals surface area contributed by atoms with Crippen LogP contribution in [0, 0.1) is 10.1 Å². The summed E-state index contributed by atoms with van der Waals surface area (Å²) >= 11 is 0. The van der Waals surface area contributed by atoms with Gasteiger partial charge in [-0.3, -0.25) is 14.9 Å². The molecule has 1 N–H and O–H groups in total. The molecule has 0 atom stereocenters. The van der Waals surface area contributed by atoms with Gasteiger partial charge in [0.15, 0.2) is 11.5 Å². The molecule has 0 fully saturated rings. The lowest BCUT2D eigenvalue weighted by molar-refractivity contribution is -0.384. The second-order valence-corrected chi connectivity index (χ2v) is 6.92. The number of nitrogens with zero attached hydrogens (tertiary/aromatic N) is 2. The highest BCUT2D eigenvalue weighted by Gasteiger charge is 2.21. The Labute approximate surface area is 163 Å². The van der Waals surface area contributed by atoms with Crippen molar-refractivity contribution < 1.29 is 19.2 Å². The zero-order chi connectivity index (χ0) is 20.3. The number of carbonyl (C=O) groups is 1. The van der Waals surface area contributed by atoms with Gasteiger partial charge in [-0.2, -0.15) is 0 Å². The molecule has 1 aliphatic rings. The van der Waals surface area contributed by atoms with Gasteiger partial charge in [-0.25, -0.2) is 0 Å². The number of benzene rings is 2. The summed E-state index contributed by atoms with van der Waals surface area (Å²) < 4.78 is 11.1. The molecule has 2 aromatic carbocycles. The highest BCUT2D eigenvalue weighted by molar-refractivity contribution is 5.95. The van der Waals surface area contributed by atoms with E-state index < -0.39 is 4.92 Å². The number of hydrogen-bond acceptors (Lipinski definition) is 6. The van der Waals surface area contributed by atoms with Gasteiger partial charge in [-0.15, -0.1) is 0 Å². The van der Waals surface area contributed by atoms with Crippen molar-refractivity contribution in [2.75, 3.05) is 25.2 Å². The van der Waals surface area contributed by atoms with Crippen LogP contribution < -0.4 is 19.7 Å². The van der Waals surface area contributed by atoms with Crippen molar-refractivity contribution in [3.63, 3.8) is 0 Å². The fraction of sp³-hybridized carbons (Fsp3) is 0.350. The van der Waals surface area contributed by atoms with Crippen LogP contribution in [-0.4, -0.2) is 37.1 Å². The molecule has 0 spiro atoms. The number of ether oxygens (including phenoxy) is 2. The normalized spacial score (nSPS) is 12.6. The van der Waals surface area contributed by atoms with Gasteiger partial charge in [-0.1, -0.05) is 6.07 Å².